The Morgan fingerprint density at radius 1 is 1.41 bits per heavy atom. The van der Waals surface area contributed by atoms with E-state index in [-0.39, 0.29) is 6.10 Å². The molecule has 0 aliphatic carbocycles. The second-order valence-electron chi connectivity index (χ2n) is 4.07. The SMILES string of the molecule is CCNCc1cccc(Br)c1OC(C)C(C)O. The van der Waals surface area contributed by atoms with Gasteiger partial charge in [0.2, 0.25) is 0 Å². The van der Waals surface area contributed by atoms with E-state index < -0.39 is 6.10 Å². The van der Waals surface area contributed by atoms with Crippen molar-refractivity contribution in [2.75, 3.05) is 6.54 Å². The summed E-state index contributed by atoms with van der Waals surface area (Å²) in [5, 5.41) is 12.8. The van der Waals surface area contributed by atoms with Crippen molar-refractivity contribution in [1.82, 2.24) is 5.32 Å². The highest BCUT2D eigenvalue weighted by molar-refractivity contribution is 9.10. The highest BCUT2D eigenvalue weighted by Crippen LogP contribution is 2.30. The average Bonchev–Trinajstić information content (AvgIpc) is 2.29. The molecule has 0 aliphatic heterocycles. The van der Waals surface area contributed by atoms with E-state index in [4.69, 9.17) is 4.74 Å². The van der Waals surface area contributed by atoms with E-state index >= 15 is 0 Å². The molecule has 0 saturated heterocycles. The van der Waals surface area contributed by atoms with Gasteiger partial charge in [-0.3, -0.25) is 0 Å². The zero-order valence-corrected chi connectivity index (χ0v) is 12.1. The minimum absolute atomic E-state index is 0.228. The maximum absolute atomic E-state index is 9.48. The van der Waals surface area contributed by atoms with Crippen LogP contribution < -0.4 is 10.1 Å². The van der Waals surface area contributed by atoms with E-state index in [1.807, 2.05) is 25.1 Å². The van der Waals surface area contributed by atoms with Crippen molar-refractivity contribution in [3.05, 3.63) is 28.2 Å². The topological polar surface area (TPSA) is 41.5 Å². The number of halogens is 1. The van der Waals surface area contributed by atoms with Gasteiger partial charge >= 0.3 is 0 Å². The molecule has 96 valence electrons. The Hall–Kier alpha value is -0.580. The number of aliphatic hydroxyl groups excluding tert-OH is 1. The van der Waals surface area contributed by atoms with Crippen LogP contribution in [0.15, 0.2) is 22.7 Å². The predicted octanol–water partition coefficient (Wildman–Crippen LogP) is 2.71. The minimum atomic E-state index is -0.492. The number of hydrogen-bond acceptors (Lipinski definition) is 3. The summed E-state index contributed by atoms with van der Waals surface area (Å²) in [6.07, 6.45) is -0.719. The lowest BCUT2D eigenvalue weighted by Gasteiger charge is -2.20. The third-order valence-electron chi connectivity index (χ3n) is 2.60. The third-order valence-corrected chi connectivity index (χ3v) is 3.22. The van der Waals surface area contributed by atoms with Crippen molar-refractivity contribution in [3.63, 3.8) is 0 Å². The Labute approximate surface area is 111 Å². The van der Waals surface area contributed by atoms with Gasteiger partial charge in [-0.15, -0.1) is 0 Å². The van der Waals surface area contributed by atoms with Crippen LogP contribution >= 0.6 is 15.9 Å². The molecule has 0 saturated carbocycles. The van der Waals surface area contributed by atoms with Crippen molar-refractivity contribution < 1.29 is 9.84 Å². The highest BCUT2D eigenvalue weighted by atomic mass is 79.9. The van der Waals surface area contributed by atoms with Crippen molar-refractivity contribution in [3.8, 4) is 5.75 Å². The molecule has 0 amide bonds. The third kappa shape index (κ3) is 4.30. The van der Waals surface area contributed by atoms with Gasteiger partial charge in [-0.05, 0) is 42.4 Å². The van der Waals surface area contributed by atoms with Crippen LogP contribution in [0.25, 0.3) is 0 Å². The zero-order valence-electron chi connectivity index (χ0n) is 10.5. The summed E-state index contributed by atoms with van der Waals surface area (Å²) in [7, 11) is 0. The lowest BCUT2D eigenvalue weighted by molar-refractivity contribution is 0.0592. The van der Waals surface area contributed by atoms with Gasteiger partial charge in [-0.1, -0.05) is 19.1 Å². The fourth-order valence-corrected chi connectivity index (χ4v) is 1.87. The van der Waals surface area contributed by atoms with E-state index in [1.54, 1.807) is 6.92 Å². The number of ether oxygens (including phenoxy) is 1. The summed E-state index contributed by atoms with van der Waals surface area (Å²) in [6, 6.07) is 5.95. The number of para-hydroxylation sites is 1. The summed E-state index contributed by atoms with van der Waals surface area (Å²) in [4.78, 5) is 0. The molecule has 17 heavy (non-hydrogen) atoms. The summed E-state index contributed by atoms with van der Waals surface area (Å²) in [5.41, 5.74) is 1.09. The lowest BCUT2D eigenvalue weighted by atomic mass is 10.2. The van der Waals surface area contributed by atoms with Gasteiger partial charge in [-0.2, -0.15) is 0 Å². The molecule has 0 radical (unpaired) electrons. The van der Waals surface area contributed by atoms with Gasteiger partial charge < -0.3 is 15.2 Å². The van der Waals surface area contributed by atoms with Crippen molar-refractivity contribution >= 4 is 15.9 Å². The predicted molar refractivity (Wildman–Crippen MR) is 73.3 cm³/mol. The molecular weight excluding hydrogens is 282 g/mol. The maximum Gasteiger partial charge on any atom is 0.138 e. The number of hydrogen-bond donors (Lipinski definition) is 2. The van der Waals surface area contributed by atoms with Crippen LogP contribution in [-0.4, -0.2) is 23.9 Å². The fraction of sp³-hybridized carbons (Fsp3) is 0.538. The van der Waals surface area contributed by atoms with Crippen LogP contribution in [0.2, 0.25) is 0 Å². The molecule has 2 N–H and O–H groups in total. The van der Waals surface area contributed by atoms with Crippen LogP contribution in [0.3, 0.4) is 0 Å². The van der Waals surface area contributed by atoms with Crippen molar-refractivity contribution in [2.45, 2.75) is 39.5 Å². The second kappa shape index (κ2) is 6.99. The molecule has 0 heterocycles. The molecule has 1 aromatic carbocycles. The molecule has 1 aromatic rings. The maximum atomic E-state index is 9.48. The summed E-state index contributed by atoms with van der Waals surface area (Å²) in [6.45, 7) is 7.33. The van der Waals surface area contributed by atoms with Gasteiger partial charge in [0.1, 0.15) is 11.9 Å². The van der Waals surface area contributed by atoms with Gasteiger partial charge in [-0.25, -0.2) is 0 Å². The van der Waals surface area contributed by atoms with Gasteiger partial charge in [0.05, 0.1) is 10.6 Å². The Kier molecular flexibility index (Phi) is 5.95. The first kappa shape index (κ1) is 14.5. The summed E-state index contributed by atoms with van der Waals surface area (Å²) < 4.78 is 6.71. The van der Waals surface area contributed by atoms with E-state index in [1.165, 1.54) is 0 Å². The van der Waals surface area contributed by atoms with Gasteiger partial charge in [0, 0.05) is 12.1 Å². The molecule has 0 spiro atoms. The molecule has 0 fully saturated rings. The lowest BCUT2D eigenvalue weighted by Crippen LogP contribution is -2.26. The quantitative estimate of drug-likeness (QED) is 0.849. The molecule has 3 nitrogen and oxygen atoms in total. The highest BCUT2D eigenvalue weighted by Gasteiger charge is 2.15. The summed E-state index contributed by atoms with van der Waals surface area (Å²) in [5.74, 6) is 0.807. The molecule has 0 aliphatic rings. The van der Waals surface area contributed by atoms with Crippen molar-refractivity contribution in [1.29, 1.82) is 0 Å². The first-order valence-corrected chi connectivity index (χ1v) is 6.68. The number of aliphatic hydroxyl groups is 1. The molecule has 2 unspecified atom stereocenters. The largest absolute Gasteiger partial charge is 0.487 e. The monoisotopic (exact) mass is 301 g/mol. The molecule has 1 rings (SSSR count). The van der Waals surface area contributed by atoms with E-state index in [2.05, 4.69) is 28.2 Å². The Morgan fingerprint density at radius 3 is 2.71 bits per heavy atom. The normalized spacial score (nSPS) is 14.4. The Bertz CT molecular complexity index is 355. The second-order valence-corrected chi connectivity index (χ2v) is 4.93. The Balaban J connectivity index is 2.87. The standard InChI is InChI=1S/C13H20BrNO2/c1-4-15-8-11-6-5-7-12(14)13(11)17-10(3)9(2)16/h5-7,9-10,15-16H,4,8H2,1-3H3. The van der Waals surface area contributed by atoms with Crippen LogP contribution in [0.5, 0.6) is 5.75 Å². The molecule has 2 atom stereocenters. The summed E-state index contributed by atoms with van der Waals surface area (Å²) >= 11 is 3.48. The van der Waals surface area contributed by atoms with Gasteiger partial charge in [0.25, 0.3) is 0 Å². The van der Waals surface area contributed by atoms with Crippen molar-refractivity contribution in [2.24, 2.45) is 0 Å². The molecule has 0 aromatic heterocycles. The molecular formula is C13H20BrNO2. The number of benzene rings is 1. The molecule has 0 bridgehead atoms. The first-order chi connectivity index (χ1) is 8.06. The van der Waals surface area contributed by atoms with Gasteiger partial charge in [0.15, 0.2) is 0 Å². The first-order valence-electron chi connectivity index (χ1n) is 5.89. The van der Waals surface area contributed by atoms with Crippen LogP contribution in [0.4, 0.5) is 0 Å². The average molecular weight is 302 g/mol. The van der Waals surface area contributed by atoms with E-state index in [9.17, 15) is 5.11 Å². The zero-order chi connectivity index (χ0) is 12.8. The van der Waals surface area contributed by atoms with Crippen LogP contribution in [0.1, 0.15) is 26.3 Å². The van der Waals surface area contributed by atoms with E-state index in [0.717, 1.165) is 28.9 Å². The Morgan fingerprint density at radius 2 is 2.12 bits per heavy atom. The fourth-order valence-electron chi connectivity index (χ4n) is 1.37. The van der Waals surface area contributed by atoms with E-state index in [0.29, 0.717) is 0 Å². The number of rotatable bonds is 6. The molecule has 4 heteroatoms. The van der Waals surface area contributed by atoms with Crippen LogP contribution in [-0.2, 0) is 6.54 Å². The number of nitrogens with one attached hydrogen (secondary N) is 1. The van der Waals surface area contributed by atoms with Crippen LogP contribution in [0, 0.1) is 0 Å². The smallest absolute Gasteiger partial charge is 0.138 e. The minimum Gasteiger partial charge on any atom is -0.487 e.